The first-order valence-electron chi connectivity index (χ1n) is 3.16. The molecule has 0 aliphatic carbocycles. The molecule has 1 unspecified atom stereocenters. The Labute approximate surface area is 80.0 Å². The van der Waals surface area contributed by atoms with Crippen LogP contribution in [0.25, 0.3) is 0 Å². The molecule has 0 bridgehead atoms. The van der Waals surface area contributed by atoms with Gasteiger partial charge in [0.15, 0.2) is 10.8 Å². The van der Waals surface area contributed by atoms with Gasteiger partial charge in [-0.1, -0.05) is 23.7 Å². The predicted octanol–water partition coefficient (Wildman–Crippen LogP) is 2.97. The largest absolute Gasteiger partial charge is 0.475 e. The Morgan fingerprint density at radius 3 is 2.23 bits per heavy atom. The van der Waals surface area contributed by atoms with E-state index >= 15 is 0 Å². The smallest absolute Gasteiger partial charge is 0.245 e. The van der Waals surface area contributed by atoms with Gasteiger partial charge in [0.05, 0.1) is 9.92 Å². The first kappa shape index (κ1) is 10.5. The summed E-state index contributed by atoms with van der Waals surface area (Å²) in [6.07, 6.45) is 0. The van der Waals surface area contributed by atoms with Crippen molar-refractivity contribution in [2.75, 3.05) is 0 Å². The Bertz CT molecular complexity index is 337. The third kappa shape index (κ3) is 2.45. The molecule has 0 amide bonds. The minimum absolute atomic E-state index is 0.141. The van der Waals surface area contributed by atoms with Crippen molar-refractivity contribution in [3.05, 3.63) is 29.3 Å². The Hall–Kier alpha value is -0.550. The maximum atomic E-state index is 12.0. The second-order valence-corrected chi connectivity index (χ2v) is 3.99. The van der Waals surface area contributed by atoms with Crippen molar-refractivity contribution in [2.24, 2.45) is 0 Å². The molecule has 1 aromatic carbocycles. The van der Waals surface area contributed by atoms with Crippen LogP contribution in [0.15, 0.2) is 29.2 Å². The molecule has 0 N–H and O–H groups in total. The van der Waals surface area contributed by atoms with Gasteiger partial charge < -0.3 is 0 Å². The summed E-state index contributed by atoms with van der Waals surface area (Å²) in [7, 11) is -3.04. The normalized spacial score (nSPS) is 14.2. The third-order valence-electron chi connectivity index (χ3n) is 1.25. The van der Waals surface area contributed by atoms with Gasteiger partial charge in [-0.2, -0.15) is 13.2 Å². The summed E-state index contributed by atoms with van der Waals surface area (Å²) in [4.78, 5) is -0.406. The van der Waals surface area contributed by atoms with Crippen molar-refractivity contribution in [3.63, 3.8) is 0 Å². The molecule has 13 heavy (non-hydrogen) atoms. The van der Waals surface area contributed by atoms with Gasteiger partial charge in [-0.25, -0.2) is 4.21 Å². The van der Waals surface area contributed by atoms with Crippen LogP contribution in [-0.2, 0) is 10.8 Å². The second-order valence-electron chi connectivity index (χ2n) is 2.14. The van der Waals surface area contributed by atoms with E-state index in [1.807, 2.05) is 0 Å². The average Bonchev–Trinajstić information content (AvgIpc) is 2.02. The lowest BCUT2D eigenvalue weighted by Crippen LogP contribution is -2.16. The van der Waals surface area contributed by atoms with Crippen LogP contribution in [0, 0.1) is 0 Å². The van der Waals surface area contributed by atoms with Crippen LogP contribution in [0.4, 0.5) is 13.2 Å². The van der Waals surface area contributed by atoms with Crippen molar-refractivity contribution in [1.29, 1.82) is 0 Å². The molecule has 0 saturated carbocycles. The summed E-state index contributed by atoms with van der Waals surface area (Å²) in [6.45, 7) is 0. The minimum atomic E-state index is -4.76. The number of benzene rings is 1. The fourth-order valence-corrected chi connectivity index (χ4v) is 1.76. The summed E-state index contributed by atoms with van der Waals surface area (Å²) in [6, 6.07) is 5.18. The number of rotatable bonds is 1. The SMILES string of the molecule is O=S(c1ccccc1Cl)C(F)(F)F. The number of hydrogen-bond acceptors (Lipinski definition) is 1. The molecule has 0 aliphatic rings. The number of halogens is 4. The lowest BCUT2D eigenvalue weighted by molar-refractivity contribution is -0.0384. The van der Waals surface area contributed by atoms with Gasteiger partial charge >= 0.3 is 5.51 Å². The fourth-order valence-electron chi connectivity index (χ4n) is 0.720. The Morgan fingerprint density at radius 1 is 1.23 bits per heavy atom. The third-order valence-corrected chi connectivity index (χ3v) is 2.86. The summed E-state index contributed by atoms with van der Waals surface area (Å²) in [5.74, 6) is 0. The molecule has 0 spiro atoms. The van der Waals surface area contributed by atoms with Crippen LogP contribution in [-0.4, -0.2) is 9.72 Å². The molecular weight excluding hydrogens is 225 g/mol. The van der Waals surface area contributed by atoms with E-state index in [4.69, 9.17) is 11.6 Å². The lowest BCUT2D eigenvalue weighted by Gasteiger charge is -2.06. The van der Waals surface area contributed by atoms with Gasteiger partial charge in [-0.15, -0.1) is 0 Å². The molecule has 1 nitrogen and oxygen atoms in total. The zero-order valence-corrected chi connectivity index (χ0v) is 7.71. The van der Waals surface area contributed by atoms with Gasteiger partial charge in [-0.05, 0) is 12.1 Å². The van der Waals surface area contributed by atoms with Gasteiger partial charge in [0.2, 0.25) is 0 Å². The molecule has 1 rings (SSSR count). The molecule has 0 radical (unpaired) electrons. The van der Waals surface area contributed by atoms with E-state index in [0.29, 0.717) is 0 Å². The number of alkyl halides is 3. The van der Waals surface area contributed by atoms with Crippen molar-refractivity contribution < 1.29 is 17.4 Å². The van der Waals surface area contributed by atoms with E-state index in [-0.39, 0.29) is 5.02 Å². The molecule has 0 aliphatic heterocycles. The van der Waals surface area contributed by atoms with Gasteiger partial charge in [-0.3, -0.25) is 0 Å². The highest BCUT2D eigenvalue weighted by molar-refractivity contribution is 7.86. The van der Waals surface area contributed by atoms with Gasteiger partial charge in [0.1, 0.15) is 0 Å². The summed E-state index contributed by atoms with van der Waals surface area (Å²) in [5.41, 5.74) is -4.76. The maximum absolute atomic E-state index is 12.0. The topological polar surface area (TPSA) is 17.1 Å². The number of hydrogen-bond donors (Lipinski definition) is 0. The predicted molar refractivity (Wildman–Crippen MR) is 43.9 cm³/mol. The highest BCUT2D eigenvalue weighted by atomic mass is 35.5. The molecule has 6 heteroatoms. The molecule has 0 aromatic heterocycles. The summed E-state index contributed by atoms with van der Waals surface area (Å²) in [5, 5.41) is -0.141. The van der Waals surface area contributed by atoms with Crippen molar-refractivity contribution in [2.45, 2.75) is 10.4 Å². The molecule has 0 heterocycles. The fraction of sp³-hybridized carbons (Fsp3) is 0.143. The average molecular weight is 229 g/mol. The lowest BCUT2D eigenvalue weighted by atomic mass is 10.4. The van der Waals surface area contributed by atoms with Crippen molar-refractivity contribution in [3.8, 4) is 0 Å². The van der Waals surface area contributed by atoms with Crippen LogP contribution in [0.1, 0.15) is 0 Å². The van der Waals surface area contributed by atoms with E-state index in [0.717, 1.165) is 6.07 Å². The standard InChI is InChI=1S/C7H4ClF3OS/c8-5-3-1-2-4-6(5)13(12)7(9,10)11/h1-4H. The molecule has 72 valence electrons. The quantitative estimate of drug-likeness (QED) is 0.722. The highest BCUT2D eigenvalue weighted by Crippen LogP contribution is 2.30. The van der Waals surface area contributed by atoms with Crippen LogP contribution in [0.3, 0.4) is 0 Å². The maximum Gasteiger partial charge on any atom is 0.475 e. The van der Waals surface area contributed by atoms with Gasteiger partial charge in [0.25, 0.3) is 0 Å². The van der Waals surface area contributed by atoms with Crippen LogP contribution < -0.4 is 0 Å². The van der Waals surface area contributed by atoms with E-state index in [1.165, 1.54) is 18.2 Å². The first-order chi connectivity index (χ1) is 5.93. The molecule has 1 atom stereocenters. The summed E-state index contributed by atoms with van der Waals surface area (Å²) < 4.78 is 46.7. The van der Waals surface area contributed by atoms with Crippen molar-refractivity contribution in [1.82, 2.24) is 0 Å². The van der Waals surface area contributed by atoms with Crippen LogP contribution in [0.2, 0.25) is 5.02 Å². The monoisotopic (exact) mass is 228 g/mol. The van der Waals surface area contributed by atoms with E-state index in [2.05, 4.69) is 0 Å². The van der Waals surface area contributed by atoms with Crippen LogP contribution in [0.5, 0.6) is 0 Å². The Kier molecular flexibility index (Phi) is 2.98. The zero-order chi connectivity index (χ0) is 10.1. The Morgan fingerprint density at radius 2 is 1.77 bits per heavy atom. The van der Waals surface area contributed by atoms with Gasteiger partial charge in [0, 0.05) is 0 Å². The second kappa shape index (κ2) is 3.67. The summed E-state index contributed by atoms with van der Waals surface area (Å²) >= 11 is 5.43. The first-order valence-corrected chi connectivity index (χ1v) is 4.69. The molecule has 1 aromatic rings. The van der Waals surface area contributed by atoms with E-state index in [1.54, 1.807) is 0 Å². The molecule has 0 fully saturated rings. The van der Waals surface area contributed by atoms with E-state index in [9.17, 15) is 17.4 Å². The van der Waals surface area contributed by atoms with E-state index < -0.39 is 21.2 Å². The molecule has 0 saturated heterocycles. The van der Waals surface area contributed by atoms with Crippen molar-refractivity contribution >= 4 is 22.4 Å². The minimum Gasteiger partial charge on any atom is -0.245 e. The highest BCUT2D eigenvalue weighted by Gasteiger charge is 2.38. The van der Waals surface area contributed by atoms with Crippen LogP contribution >= 0.6 is 11.6 Å². The zero-order valence-electron chi connectivity index (χ0n) is 6.14. The Balaban J connectivity index is 3.10. The molecular formula is C7H4ClF3OS.